The van der Waals surface area contributed by atoms with Crippen molar-refractivity contribution in [2.75, 3.05) is 19.6 Å². The van der Waals surface area contributed by atoms with Gasteiger partial charge in [0.05, 0.1) is 11.0 Å². The van der Waals surface area contributed by atoms with Gasteiger partial charge in [-0.1, -0.05) is 60.7 Å². The SMILES string of the molecule is [Ir].[c-]1ccccc1N1[CH-]N(c2ccccc2)c2ccccc21.[c-]1ccccc1N1[CH-]N(c2ccccc2)c2nc3ccccc3nc21. The van der Waals surface area contributed by atoms with E-state index in [0.29, 0.717) is 0 Å². The van der Waals surface area contributed by atoms with Gasteiger partial charge in [0.15, 0.2) is 0 Å². The number of nitrogens with zero attached hydrogens (tertiary/aromatic N) is 6. The first kappa shape index (κ1) is 30.2. The van der Waals surface area contributed by atoms with Crippen LogP contribution in [-0.2, 0) is 20.1 Å². The van der Waals surface area contributed by atoms with Crippen LogP contribution >= 0.6 is 0 Å². The molecule has 0 amide bonds. The zero-order valence-corrected chi connectivity index (χ0v) is 27.6. The van der Waals surface area contributed by atoms with Crippen molar-refractivity contribution < 1.29 is 20.1 Å². The van der Waals surface area contributed by atoms with Crippen molar-refractivity contribution in [1.29, 1.82) is 0 Å². The van der Waals surface area contributed by atoms with Crippen molar-refractivity contribution in [2.24, 2.45) is 0 Å². The molecule has 9 rings (SSSR count). The van der Waals surface area contributed by atoms with Gasteiger partial charge in [-0.3, -0.25) is 0 Å². The van der Waals surface area contributed by atoms with Gasteiger partial charge in [0.1, 0.15) is 11.6 Å². The second kappa shape index (κ2) is 13.5. The van der Waals surface area contributed by atoms with Crippen molar-refractivity contribution in [3.05, 3.63) is 183 Å². The fourth-order valence-corrected chi connectivity index (χ4v) is 5.65. The van der Waals surface area contributed by atoms with Crippen molar-refractivity contribution in [1.82, 2.24) is 9.97 Å². The Hall–Kier alpha value is -5.49. The van der Waals surface area contributed by atoms with Crippen LogP contribution in [0.3, 0.4) is 0 Å². The zero-order chi connectivity index (χ0) is 30.7. The maximum Gasteiger partial charge on any atom is 0.146 e. The van der Waals surface area contributed by atoms with Gasteiger partial charge in [-0.05, 0) is 48.5 Å². The molecule has 6 aromatic carbocycles. The first-order valence-corrected chi connectivity index (χ1v) is 15.1. The Morgan fingerprint density at radius 3 is 1.38 bits per heavy atom. The molecule has 3 heterocycles. The number of hydrogen-bond donors (Lipinski definition) is 0. The normalized spacial score (nSPS) is 13.0. The van der Waals surface area contributed by atoms with E-state index < -0.39 is 0 Å². The second-order valence-corrected chi connectivity index (χ2v) is 10.7. The third-order valence-corrected chi connectivity index (χ3v) is 7.83. The third kappa shape index (κ3) is 5.95. The molecule has 7 heteroatoms. The van der Waals surface area contributed by atoms with Gasteiger partial charge in [-0.25, -0.2) is 9.97 Å². The van der Waals surface area contributed by atoms with E-state index in [-0.39, 0.29) is 20.1 Å². The monoisotopic (exact) mass is 785 g/mol. The molecule has 0 saturated carbocycles. The number of rotatable bonds is 4. The van der Waals surface area contributed by atoms with Crippen molar-refractivity contribution in [3.63, 3.8) is 0 Å². The van der Waals surface area contributed by atoms with Crippen LogP contribution < -0.4 is 19.6 Å². The number of anilines is 8. The summed E-state index contributed by atoms with van der Waals surface area (Å²) in [5.41, 5.74) is 8.30. The molecule has 0 unspecified atom stereocenters. The molecular formula is C40H28IrN6-4. The average molecular weight is 785 g/mol. The van der Waals surface area contributed by atoms with Gasteiger partial charge in [0.25, 0.3) is 0 Å². The summed E-state index contributed by atoms with van der Waals surface area (Å²) in [4.78, 5) is 18.2. The Kier molecular flexibility index (Phi) is 8.65. The van der Waals surface area contributed by atoms with Crippen molar-refractivity contribution in [3.8, 4) is 0 Å². The van der Waals surface area contributed by atoms with Crippen LogP contribution in [0.1, 0.15) is 0 Å². The Labute approximate surface area is 288 Å². The molecule has 47 heavy (non-hydrogen) atoms. The Morgan fingerprint density at radius 1 is 0.404 bits per heavy atom. The minimum Gasteiger partial charge on any atom is -0.493 e. The van der Waals surface area contributed by atoms with Crippen LogP contribution in [0.15, 0.2) is 158 Å². The largest absolute Gasteiger partial charge is 0.493 e. The van der Waals surface area contributed by atoms with Crippen LogP contribution in [0, 0.1) is 25.5 Å². The molecule has 7 aromatic rings. The molecule has 2 aliphatic heterocycles. The summed E-state index contributed by atoms with van der Waals surface area (Å²) in [6.45, 7) is 4.14. The van der Waals surface area contributed by atoms with Crippen LogP contribution in [0.2, 0.25) is 0 Å². The van der Waals surface area contributed by atoms with Gasteiger partial charge >= 0.3 is 0 Å². The van der Waals surface area contributed by atoms with E-state index >= 15 is 0 Å². The number of fused-ring (bicyclic) bond motifs is 3. The number of hydrogen-bond acceptors (Lipinski definition) is 6. The predicted molar refractivity (Wildman–Crippen MR) is 187 cm³/mol. The summed E-state index contributed by atoms with van der Waals surface area (Å²) in [6.07, 6.45) is 0. The van der Waals surface area contributed by atoms with Gasteiger partial charge in [0.2, 0.25) is 0 Å². The Balaban J connectivity index is 0.000000148. The van der Waals surface area contributed by atoms with Gasteiger partial charge in [-0.2, -0.15) is 60.7 Å². The molecule has 231 valence electrons. The first-order valence-electron chi connectivity index (χ1n) is 15.1. The maximum absolute atomic E-state index is 4.87. The van der Waals surface area contributed by atoms with Crippen LogP contribution in [0.5, 0.6) is 0 Å². The summed E-state index contributed by atoms with van der Waals surface area (Å²) in [5, 5.41) is 0. The molecule has 6 nitrogen and oxygen atoms in total. The minimum absolute atomic E-state index is 0. The fraction of sp³-hybridized carbons (Fsp3) is 0. The fourth-order valence-electron chi connectivity index (χ4n) is 5.65. The van der Waals surface area contributed by atoms with Crippen molar-refractivity contribution in [2.45, 2.75) is 0 Å². The molecule has 0 atom stereocenters. The molecule has 0 saturated heterocycles. The Morgan fingerprint density at radius 2 is 0.830 bits per heavy atom. The number of benzene rings is 6. The van der Waals surface area contributed by atoms with E-state index in [9.17, 15) is 0 Å². The summed E-state index contributed by atoms with van der Waals surface area (Å²) >= 11 is 0. The first-order chi connectivity index (χ1) is 22.8. The van der Waals surface area contributed by atoms with E-state index in [1.807, 2.05) is 103 Å². The third-order valence-electron chi connectivity index (χ3n) is 7.83. The summed E-state index contributed by atoms with van der Waals surface area (Å²) in [7, 11) is 0. The molecular weight excluding hydrogens is 757 g/mol. The van der Waals surface area contributed by atoms with E-state index in [1.54, 1.807) is 0 Å². The molecule has 0 spiro atoms. The standard InChI is InChI=1S/C21H14N4.C19H14N2.Ir/c1-3-9-16(10-4-1)24-15-25(17-11-5-2-6-12-17)21-20(24)22-18-13-7-8-14-19(18)23-21;1-3-9-16(10-4-1)20-15-21(17-11-5-2-6-12-17)19-14-8-7-13-18(19)20;/h1-11,13-15H;1-11,13-15H;/q2*-2;. The molecule has 0 aliphatic carbocycles. The van der Waals surface area contributed by atoms with Gasteiger partial charge in [0, 0.05) is 42.9 Å². The number of para-hydroxylation sites is 8. The van der Waals surface area contributed by atoms with Crippen LogP contribution in [0.25, 0.3) is 11.0 Å². The molecule has 1 aromatic heterocycles. The molecule has 0 N–H and O–H groups in total. The Bertz CT molecular complexity index is 1930. The van der Waals surface area contributed by atoms with Gasteiger partial charge in [-0.15, -0.1) is 24.7 Å². The van der Waals surface area contributed by atoms with Gasteiger partial charge < -0.3 is 19.6 Å². The van der Waals surface area contributed by atoms with Crippen molar-refractivity contribution >= 4 is 56.8 Å². The van der Waals surface area contributed by atoms with Crippen LogP contribution in [0.4, 0.5) is 45.8 Å². The topological polar surface area (TPSA) is 38.7 Å². The summed E-state index contributed by atoms with van der Waals surface area (Å²) in [6, 6.07) is 59.4. The van der Waals surface area contributed by atoms with E-state index in [0.717, 1.165) is 45.4 Å². The second-order valence-electron chi connectivity index (χ2n) is 10.7. The maximum atomic E-state index is 4.87. The van der Waals surface area contributed by atoms with E-state index in [4.69, 9.17) is 9.97 Å². The molecule has 0 bridgehead atoms. The average Bonchev–Trinajstić information content (AvgIpc) is 3.71. The molecule has 1 radical (unpaired) electrons. The summed E-state index contributed by atoms with van der Waals surface area (Å²) in [5.74, 6) is 1.63. The minimum atomic E-state index is 0. The zero-order valence-electron chi connectivity index (χ0n) is 25.2. The quantitative estimate of drug-likeness (QED) is 0.166. The van der Waals surface area contributed by atoms with Crippen LogP contribution in [-0.4, -0.2) is 9.97 Å². The smallest absolute Gasteiger partial charge is 0.146 e. The predicted octanol–water partition coefficient (Wildman–Crippen LogP) is 9.73. The van der Waals surface area contributed by atoms with E-state index in [2.05, 4.69) is 100 Å². The number of aromatic nitrogens is 2. The molecule has 0 fully saturated rings. The molecule has 2 aliphatic rings. The van der Waals surface area contributed by atoms with E-state index in [1.165, 1.54) is 11.4 Å². The summed E-state index contributed by atoms with van der Waals surface area (Å²) < 4.78 is 0.